The van der Waals surface area contributed by atoms with Crippen LogP contribution >= 0.6 is 34.8 Å². The van der Waals surface area contributed by atoms with Gasteiger partial charge in [0.1, 0.15) is 6.54 Å². The van der Waals surface area contributed by atoms with Gasteiger partial charge in [0, 0.05) is 11.6 Å². The van der Waals surface area contributed by atoms with Gasteiger partial charge in [-0.05, 0) is 42.8 Å². The first-order valence-electron chi connectivity index (χ1n) is 9.23. The molecule has 0 saturated carbocycles. The molecule has 0 spiro atoms. The van der Waals surface area contributed by atoms with E-state index in [1.54, 1.807) is 48.5 Å². The lowest BCUT2D eigenvalue weighted by molar-refractivity contribution is -0.119. The van der Waals surface area contributed by atoms with Gasteiger partial charge >= 0.3 is 0 Å². The lowest BCUT2D eigenvalue weighted by Crippen LogP contribution is -2.40. The number of anilines is 1. The second kappa shape index (κ2) is 9.92. The molecule has 0 radical (unpaired) electrons. The monoisotopic (exact) mass is 496 g/mol. The number of benzene rings is 3. The molecule has 0 aromatic heterocycles. The van der Waals surface area contributed by atoms with E-state index >= 15 is 0 Å². The number of nitrogens with zero attached hydrogens (tertiary/aromatic N) is 1. The molecule has 0 fully saturated rings. The van der Waals surface area contributed by atoms with Crippen molar-refractivity contribution in [3.63, 3.8) is 0 Å². The summed E-state index contributed by atoms with van der Waals surface area (Å²) in [7, 11) is -4.09. The standard InChI is InChI=1S/C22H19Cl3N2O3S/c1-15-9-11-17(12-10-15)31(29,30)27(20-8-4-7-19(24)22(20)25)14-21(28)26-13-16-5-2-3-6-18(16)23/h2-12H,13-14H2,1H3,(H,26,28). The van der Waals surface area contributed by atoms with E-state index < -0.39 is 22.5 Å². The van der Waals surface area contributed by atoms with E-state index in [4.69, 9.17) is 34.8 Å². The van der Waals surface area contributed by atoms with Crippen molar-refractivity contribution < 1.29 is 13.2 Å². The minimum Gasteiger partial charge on any atom is -0.350 e. The van der Waals surface area contributed by atoms with Gasteiger partial charge in [-0.2, -0.15) is 0 Å². The van der Waals surface area contributed by atoms with Crippen LogP contribution in [0.4, 0.5) is 5.69 Å². The van der Waals surface area contributed by atoms with Gasteiger partial charge in [-0.1, -0.05) is 76.8 Å². The summed E-state index contributed by atoms with van der Waals surface area (Å²) in [5.41, 5.74) is 1.73. The molecule has 1 amide bonds. The fraction of sp³-hybridized carbons (Fsp3) is 0.136. The zero-order valence-electron chi connectivity index (χ0n) is 16.5. The third-order valence-electron chi connectivity index (χ3n) is 4.53. The van der Waals surface area contributed by atoms with Crippen LogP contribution in [0.1, 0.15) is 11.1 Å². The Bertz CT molecular complexity index is 1200. The number of nitrogens with one attached hydrogen (secondary N) is 1. The average molecular weight is 498 g/mol. The Morgan fingerprint density at radius 1 is 0.903 bits per heavy atom. The van der Waals surface area contributed by atoms with Crippen LogP contribution in [0.2, 0.25) is 15.1 Å². The van der Waals surface area contributed by atoms with E-state index in [0.717, 1.165) is 9.87 Å². The molecule has 0 aliphatic carbocycles. The summed E-state index contributed by atoms with van der Waals surface area (Å²) in [5, 5.41) is 3.43. The maximum absolute atomic E-state index is 13.4. The Balaban J connectivity index is 1.92. The van der Waals surface area contributed by atoms with Crippen LogP contribution in [-0.2, 0) is 21.4 Å². The molecule has 162 valence electrons. The molecule has 0 bridgehead atoms. The van der Waals surface area contributed by atoms with Gasteiger partial charge in [0.15, 0.2) is 0 Å². The fourth-order valence-electron chi connectivity index (χ4n) is 2.84. The van der Waals surface area contributed by atoms with Gasteiger partial charge < -0.3 is 5.32 Å². The maximum atomic E-state index is 13.4. The van der Waals surface area contributed by atoms with Crippen molar-refractivity contribution in [1.29, 1.82) is 0 Å². The fourth-order valence-corrected chi connectivity index (χ4v) is 4.93. The van der Waals surface area contributed by atoms with Crippen LogP contribution in [-0.4, -0.2) is 20.9 Å². The van der Waals surface area contributed by atoms with Crippen molar-refractivity contribution in [2.24, 2.45) is 0 Å². The molecule has 31 heavy (non-hydrogen) atoms. The van der Waals surface area contributed by atoms with Gasteiger partial charge in [-0.3, -0.25) is 9.10 Å². The molecule has 0 aliphatic rings. The van der Waals surface area contributed by atoms with Crippen molar-refractivity contribution in [2.75, 3.05) is 10.8 Å². The number of amides is 1. The van der Waals surface area contributed by atoms with Crippen LogP contribution in [0, 0.1) is 6.92 Å². The second-order valence-electron chi connectivity index (χ2n) is 6.77. The van der Waals surface area contributed by atoms with Crippen LogP contribution < -0.4 is 9.62 Å². The van der Waals surface area contributed by atoms with E-state index in [1.807, 2.05) is 6.92 Å². The zero-order valence-corrected chi connectivity index (χ0v) is 19.6. The summed E-state index contributed by atoms with van der Waals surface area (Å²) in [6.45, 7) is 1.52. The highest BCUT2D eigenvalue weighted by Crippen LogP contribution is 2.35. The highest BCUT2D eigenvalue weighted by atomic mass is 35.5. The summed E-state index contributed by atoms with van der Waals surface area (Å²) < 4.78 is 27.7. The third-order valence-corrected chi connectivity index (χ3v) is 7.48. The number of carbonyl (C=O) groups excluding carboxylic acids is 1. The minimum atomic E-state index is -4.09. The van der Waals surface area contributed by atoms with Crippen molar-refractivity contribution >= 4 is 56.4 Å². The first-order valence-corrected chi connectivity index (χ1v) is 11.8. The number of carbonyl (C=O) groups is 1. The number of rotatable bonds is 7. The molecule has 3 rings (SSSR count). The molecule has 0 atom stereocenters. The molecule has 0 aliphatic heterocycles. The highest BCUT2D eigenvalue weighted by molar-refractivity contribution is 7.92. The Hall–Kier alpha value is -2.25. The molecule has 9 heteroatoms. The molecule has 0 unspecified atom stereocenters. The topological polar surface area (TPSA) is 66.5 Å². The summed E-state index contributed by atoms with van der Waals surface area (Å²) in [6.07, 6.45) is 0. The molecule has 5 nitrogen and oxygen atoms in total. The summed E-state index contributed by atoms with van der Waals surface area (Å²) in [6, 6.07) is 18.0. The number of hydrogen-bond donors (Lipinski definition) is 1. The molecule has 0 saturated heterocycles. The molecular formula is C22H19Cl3N2O3S. The Morgan fingerprint density at radius 2 is 1.55 bits per heavy atom. The van der Waals surface area contributed by atoms with Crippen LogP contribution in [0.3, 0.4) is 0 Å². The highest BCUT2D eigenvalue weighted by Gasteiger charge is 2.29. The molecule has 3 aromatic carbocycles. The average Bonchev–Trinajstić information content (AvgIpc) is 2.74. The molecular weight excluding hydrogens is 479 g/mol. The largest absolute Gasteiger partial charge is 0.350 e. The zero-order chi connectivity index (χ0) is 22.6. The van der Waals surface area contributed by atoms with Crippen molar-refractivity contribution in [2.45, 2.75) is 18.4 Å². The van der Waals surface area contributed by atoms with Gasteiger partial charge in [0.05, 0.1) is 20.6 Å². The number of hydrogen-bond acceptors (Lipinski definition) is 3. The second-order valence-corrected chi connectivity index (χ2v) is 9.82. The van der Waals surface area contributed by atoms with Gasteiger partial charge in [0.2, 0.25) is 5.91 Å². The normalized spacial score (nSPS) is 11.2. The predicted molar refractivity (Wildman–Crippen MR) is 125 cm³/mol. The molecule has 0 heterocycles. The van der Waals surface area contributed by atoms with Crippen LogP contribution in [0.25, 0.3) is 0 Å². The van der Waals surface area contributed by atoms with Gasteiger partial charge in [0.25, 0.3) is 10.0 Å². The van der Waals surface area contributed by atoms with Crippen LogP contribution in [0.5, 0.6) is 0 Å². The Morgan fingerprint density at radius 3 is 2.23 bits per heavy atom. The van der Waals surface area contributed by atoms with E-state index in [9.17, 15) is 13.2 Å². The maximum Gasteiger partial charge on any atom is 0.264 e. The summed E-state index contributed by atoms with van der Waals surface area (Å²) in [4.78, 5) is 12.7. The van der Waals surface area contributed by atoms with E-state index in [1.165, 1.54) is 18.2 Å². The summed E-state index contributed by atoms with van der Waals surface area (Å²) in [5.74, 6) is -0.522. The lowest BCUT2D eigenvalue weighted by Gasteiger charge is -2.25. The lowest BCUT2D eigenvalue weighted by atomic mass is 10.2. The number of aryl methyl sites for hydroxylation is 1. The SMILES string of the molecule is Cc1ccc(S(=O)(=O)N(CC(=O)NCc2ccccc2Cl)c2cccc(Cl)c2Cl)cc1. The van der Waals surface area contributed by atoms with E-state index in [2.05, 4.69) is 5.32 Å². The van der Waals surface area contributed by atoms with Crippen molar-refractivity contribution in [3.05, 3.63) is 92.9 Å². The molecule has 3 aromatic rings. The minimum absolute atomic E-state index is 0.0352. The third kappa shape index (κ3) is 5.52. The van der Waals surface area contributed by atoms with E-state index in [-0.39, 0.29) is 27.2 Å². The first kappa shape index (κ1) is 23.4. The number of sulfonamides is 1. The quantitative estimate of drug-likeness (QED) is 0.471. The van der Waals surface area contributed by atoms with Crippen molar-refractivity contribution in [3.8, 4) is 0 Å². The van der Waals surface area contributed by atoms with Crippen molar-refractivity contribution in [1.82, 2.24) is 5.32 Å². The smallest absolute Gasteiger partial charge is 0.264 e. The Labute approximate surface area is 196 Å². The van der Waals surface area contributed by atoms with Gasteiger partial charge in [-0.25, -0.2) is 8.42 Å². The number of halogens is 3. The van der Waals surface area contributed by atoms with Gasteiger partial charge in [-0.15, -0.1) is 0 Å². The van der Waals surface area contributed by atoms with Crippen LogP contribution in [0.15, 0.2) is 71.6 Å². The first-order chi connectivity index (χ1) is 14.7. The predicted octanol–water partition coefficient (Wildman–Crippen LogP) is 5.47. The Kier molecular flexibility index (Phi) is 7.49. The summed E-state index contributed by atoms with van der Waals surface area (Å²) >= 11 is 18.5. The van der Waals surface area contributed by atoms with E-state index in [0.29, 0.717) is 10.6 Å². The molecule has 1 N–H and O–H groups in total.